The van der Waals surface area contributed by atoms with Crippen LogP contribution < -0.4 is 0 Å². The quantitative estimate of drug-likeness (QED) is 0.524. The molecule has 3 unspecified atom stereocenters. The van der Waals surface area contributed by atoms with Crippen molar-refractivity contribution in [2.24, 2.45) is 5.92 Å². The van der Waals surface area contributed by atoms with Gasteiger partial charge < -0.3 is 5.11 Å². The molecule has 1 N–H and O–H groups in total. The molecular formula is C27H33FN2O. The number of halogens is 1. The molecule has 1 aromatic heterocycles. The topological polar surface area (TPSA) is 38.1 Å². The van der Waals surface area contributed by atoms with Crippen LogP contribution in [0.5, 0.6) is 0 Å². The number of aromatic nitrogens is 2. The Balaban J connectivity index is 1.60. The van der Waals surface area contributed by atoms with E-state index in [1.54, 1.807) is 12.1 Å². The van der Waals surface area contributed by atoms with E-state index in [9.17, 15) is 9.50 Å². The minimum atomic E-state index is -0.486. The second-order valence-corrected chi connectivity index (χ2v) is 9.88. The van der Waals surface area contributed by atoms with Gasteiger partial charge in [0.15, 0.2) is 0 Å². The summed E-state index contributed by atoms with van der Waals surface area (Å²) in [5, 5.41) is 17.0. The highest BCUT2D eigenvalue weighted by molar-refractivity contribution is 5.82. The van der Waals surface area contributed by atoms with Crippen LogP contribution in [0.1, 0.15) is 76.3 Å². The maximum absolute atomic E-state index is 13.4. The van der Waals surface area contributed by atoms with Crippen LogP contribution in [-0.2, 0) is 11.8 Å². The molecule has 3 aromatic rings. The van der Waals surface area contributed by atoms with Crippen molar-refractivity contribution in [2.75, 3.05) is 0 Å². The molecule has 2 aliphatic carbocycles. The second-order valence-electron chi connectivity index (χ2n) is 9.88. The first-order valence-electron chi connectivity index (χ1n) is 12.0. The summed E-state index contributed by atoms with van der Waals surface area (Å²) in [4.78, 5) is 0. The van der Waals surface area contributed by atoms with Gasteiger partial charge in [-0.1, -0.05) is 20.3 Å². The highest BCUT2D eigenvalue weighted by Gasteiger charge is 2.49. The zero-order valence-corrected chi connectivity index (χ0v) is 18.7. The zero-order valence-electron chi connectivity index (χ0n) is 18.7. The van der Waals surface area contributed by atoms with Crippen molar-refractivity contribution in [3.8, 4) is 5.69 Å². The van der Waals surface area contributed by atoms with Gasteiger partial charge in [0.2, 0.25) is 0 Å². The summed E-state index contributed by atoms with van der Waals surface area (Å²) in [6.45, 7) is 4.51. The molecular weight excluding hydrogens is 387 g/mol. The average Bonchev–Trinajstić information content (AvgIpc) is 3.10. The van der Waals surface area contributed by atoms with Gasteiger partial charge in [0.05, 0.1) is 23.0 Å². The fourth-order valence-corrected chi connectivity index (χ4v) is 6.61. The molecule has 0 aliphatic heterocycles. The molecule has 2 aromatic carbocycles. The molecule has 0 saturated heterocycles. The Morgan fingerprint density at radius 2 is 1.97 bits per heavy atom. The summed E-state index contributed by atoms with van der Waals surface area (Å²) in [6.07, 6.45) is 11.3. The Labute approximate surface area is 184 Å². The highest BCUT2D eigenvalue weighted by atomic mass is 19.1. The van der Waals surface area contributed by atoms with E-state index in [1.807, 2.05) is 10.9 Å². The molecule has 0 amide bonds. The first-order valence-corrected chi connectivity index (χ1v) is 12.0. The third-order valence-corrected chi connectivity index (χ3v) is 8.19. The molecule has 3 nitrogen and oxygen atoms in total. The summed E-state index contributed by atoms with van der Waals surface area (Å²) in [7, 11) is 0. The number of aliphatic hydroxyl groups is 1. The monoisotopic (exact) mass is 420 g/mol. The maximum atomic E-state index is 13.4. The lowest BCUT2D eigenvalue weighted by Gasteiger charge is -2.50. The van der Waals surface area contributed by atoms with Gasteiger partial charge in [0.25, 0.3) is 0 Å². The summed E-state index contributed by atoms with van der Waals surface area (Å²) in [5.41, 5.74) is 4.56. The SMILES string of the molecule is CCCC1(O)CCC2(CC)c3cc4cnn(-c5ccc(F)cc5)c4cc3CCCC2C1. The van der Waals surface area contributed by atoms with E-state index in [2.05, 4.69) is 31.1 Å². The number of hydrogen-bond acceptors (Lipinski definition) is 2. The fourth-order valence-electron chi connectivity index (χ4n) is 6.61. The predicted octanol–water partition coefficient (Wildman–Crippen LogP) is 6.48. The van der Waals surface area contributed by atoms with Crippen LogP contribution in [0.3, 0.4) is 0 Å². The number of hydrogen-bond donors (Lipinski definition) is 1. The van der Waals surface area contributed by atoms with Crippen molar-refractivity contribution >= 4 is 10.9 Å². The summed E-state index contributed by atoms with van der Waals surface area (Å²) >= 11 is 0. The van der Waals surface area contributed by atoms with E-state index in [0.29, 0.717) is 5.92 Å². The summed E-state index contributed by atoms with van der Waals surface area (Å²) in [5.74, 6) is 0.305. The number of benzene rings is 2. The van der Waals surface area contributed by atoms with Gasteiger partial charge in [-0.25, -0.2) is 9.07 Å². The lowest BCUT2D eigenvalue weighted by molar-refractivity contribution is -0.0541. The van der Waals surface area contributed by atoms with E-state index in [4.69, 9.17) is 0 Å². The van der Waals surface area contributed by atoms with E-state index in [0.717, 1.165) is 68.0 Å². The molecule has 1 fully saturated rings. The minimum Gasteiger partial charge on any atom is -0.390 e. The van der Waals surface area contributed by atoms with Crippen LogP contribution in [0.4, 0.5) is 4.39 Å². The highest BCUT2D eigenvalue weighted by Crippen LogP contribution is 2.54. The van der Waals surface area contributed by atoms with E-state index < -0.39 is 5.60 Å². The van der Waals surface area contributed by atoms with Crippen LogP contribution in [0.25, 0.3) is 16.6 Å². The number of rotatable bonds is 4. The van der Waals surface area contributed by atoms with Gasteiger partial charge in [-0.05, 0) is 110 Å². The van der Waals surface area contributed by atoms with Crippen molar-refractivity contribution < 1.29 is 9.50 Å². The summed E-state index contributed by atoms with van der Waals surface area (Å²) < 4.78 is 15.3. The van der Waals surface area contributed by atoms with Crippen LogP contribution >= 0.6 is 0 Å². The Hall–Kier alpha value is -2.20. The lowest BCUT2D eigenvalue weighted by atomic mass is 9.56. The van der Waals surface area contributed by atoms with Gasteiger partial charge in [-0.2, -0.15) is 5.10 Å². The van der Waals surface area contributed by atoms with E-state index in [-0.39, 0.29) is 11.2 Å². The fraction of sp³-hybridized carbons (Fsp3) is 0.519. The third kappa shape index (κ3) is 3.40. The van der Waals surface area contributed by atoms with Crippen LogP contribution in [0, 0.1) is 11.7 Å². The smallest absolute Gasteiger partial charge is 0.123 e. The first kappa shape index (κ1) is 20.7. The molecule has 0 bridgehead atoms. The van der Waals surface area contributed by atoms with Crippen LogP contribution in [0.2, 0.25) is 0 Å². The predicted molar refractivity (Wildman–Crippen MR) is 123 cm³/mol. The van der Waals surface area contributed by atoms with E-state index >= 15 is 0 Å². The normalized spacial score (nSPS) is 28.2. The molecule has 0 radical (unpaired) electrons. The second kappa shape index (κ2) is 7.74. The Bertz CT molecular complexity index is 1090. The third-order valence-electron chi connectivity index (χ3n) is 8.19. The van der Waals surface area contributed by atoms with Crippen LogP contribution in [0.15, 0.2) is 42.6 Å². The Kier molecular flexibility index (Phi) is 5.16. The molecule has 1 heterocycles. The van der Waals surface area contributed by atoms with Crippen molar-refractivity contribution in [1.82, 2.24) is 9.78 Å². The Morgan fingerprint density at radius 1 is 1.16 bits per heavy atom. The van der Waals surface area contributed by atoms with E-state index in [1.165, 1.54) is 29.7 Å². The molecule has 2 aliphatic rings. The minimum absolute atomic E-state index is 0.151. The van der Waals surface area contributed by atoms with Crippen molar-refractivity contribution in [3.63, 3.8) is 0 Å². The molecule has 0 spiro atoms. The lowest BCUT2D eigenvalue weighted by Crippen LogP contribution is -2.47. The standard InChI is InChI=1S/C27H33FN2O/c1-3-12-26(31)13-14-27(4-2)21(17-26)7-5-6-19-16-25-20(15-24(19)27)18-29-30(25)23-10-8-22(28)9-11-23/h8-11,15-16,18,21,31H,3-7,12-14,17H2,1-2H3. The largest absolute Gasteiger partial charge is 0.390 e. The van der Waals surface area contributed by atoms with Gasteiger partial charge in [0, 0.05) is 5.39 Å². The van der Waals surface area contributed by atoms with Crippen molar-refractivity contribution in [2.45, 2.75) is 82.7 Å². The van der Waals surface area contributed by atoms with Gasteiger partial charge in [-0.15, -0.1) is 0 Å². The number of fused-ring (bicyclic) bond motifs is 4. The van der Waals surface area contributed by atoms with Gasteiger partial charge in [-0.3, -0.25) is 0 Å². The van der Waals surface area contributed by atoms with Gasteiger partial charge in [0.1, 0.15) is 5.82 Å². The summed E-state index contributed by atoms with van der Waals surface area (Å²) in [6, 6.07) is 11.3. The molecule has 3 atom stereocenters. The Morgan fingerprint density at radius 3 is 2.71 bits per heavy atom. The van der Waals surface area contributed by atoms with Crippen molar-refractivity contribution in [1.29, 1.82) is 0 Å². The molecule has 164 valence electrons. The number of aryl methyl sites for hydroxylation is 1. The molecule has 1 saturated carbocycles. The number of nitrogens with zero attached hydrogens (tertiary/aromatic N) is 2. The van der Waals surface area contributed by atoms with Gasteiger partial charge >= 0.3 is 0 Å². The first-order chi connectivity index (χ1) is 15.0. The maximum Gasteiger partial charge on any atom is 0.123 e. The average molecular weight is 421 g/mol. The molecule has 31 heavy (non-hydrogen) atoms. The van der Waals surface area contributed by atoms with Crippen molar-refractivity contribution in [3.05, 3.63) is 59.5 Å². The molecule has 4 heteroatoms. The van der Waals surface area contributed by atoms with Crippen LogP contribution in [-0.4, -0.2) is 20.5 Å². The zero-order chi connectivity index (χ0) is 21.6. The molecule has 5 rings (SSSR count).